The Labute approximate surface area is 227 Å². The Bertz CT molecular complexity index is 1140. The summed E-state index contributed by atoms with van der Waals surface area (Å²) in [7, 11) is -2.77. The predicted molar refractivity (Wildman–Crippen MR) is 151 cm³/mol. The van der Waals surface area contributed by atoms with Crippen LogP contribution in [0.4, 0.5) is 16.2 Å². The lowest BCUT2D eigenvalue weighted by atomic mass is 9.82. The first-order valence-electron chi connectivity index (χ1n) is 13.6. The average molecular weight is 543 g/mol. The van der Waals surface area contributed by atoms with Gasteiger partial charge in [-0.3, -0.25) is 9.69 Å². The zero-order valence-corrected chi connectivity index (χ0v) is 24.5. The molecule has 3 heterocycles. The van der Waals surface area contributed by atoms with Crippen molar-refractivity contribution in [2.45, 2.75) is 77.3 Å². The van der Waals surface area contributed by atoms with Gasteiger partial charge in [0.25, 0.3) is 5.91 Å². The lowest BCUT2D eigenvalue weighted by Gasteiger charge is -2.32. The smallest absolute Gasteiger partial charge is 0.414 e. The maximum absolute atomic E-state index is 14.4. The number of hydrogen-bond donors (Lipinski definition) is 2. The number of cyclic esters (lactones) is 1. The van der Waals surface area contributed by atoms with Crippen LogP contribution in [0.1, 0.15) is 52.5 Å². The molecule has 2 fully saturated rings. The first-order valence-corrected chi connectivity index (χ1v) is 16.6. The molecule has 4 atom stereocenters. The number of amides is 2. The van der Waals surface area contributed by atoms with Crippen molar-refractivity contribution in [2.75, 3.05) is 36.1 Å². The van der Waals surface area contributed by atoms with E-state index in [1.807, 2.05) is 38.2 Å². The van der Waals surface area contributed by atoms with Gasteiger partial charge < -0.3 is 24.3 Å². The summed E-state index contributed by atoms with van der Waals surface area (Å²) in [6.45, 7) is 13.1. The number of carbonyl (C=O) groups is 2. The van der Waals surface area contributed by atoms with Crippen molar-refractivity contribution >= 4 is 31.7 Å². The molecule has 0 bridgehead atoms. The van der Waals surface area contributed by atoms with Crippen LogP contribution in [-0.2, 0) is 19.9 Å². The molecule has 208 valence electrons. The van der Waals surface area contributed by atoms with E-state index in [-0.39, 0.29) is 24.0 Å². The van der Waals surface area contributed by atoms with Crippen molar-refractivity contribution in [3.05, 3.63) is 47.1 Å². The van der Waals surface area contributed by atoms with Crippen LogP contribution >= 0.6 is 0 Å². The number of aliphatic hydroxyl groups is 1. The standard InChI is InChI=1S/C29H42N2O6Si/c1-19(2)8-7-9-20(3)12-14-31-24-11-10-22(30-15-17-36-28(30)34)18-23(24)29(27(31)33)21(4)26(38(5,6)35)25(37-29)13-16-32/h8,10-12,18,21,25-26,32,35H,7,9,13-17H2,1-6H3/b20-12+/t21-,25+,26-,29+/m1/s1. The summed E-state index contributed by atoms with van der Waals surface area (Å²) < 4.78 is 11.8. The van der Waals surface area contributed by atoms with Crippen LogP contribution in [-0.4, -0.2) is 62.6 Å². The Morgan fingerprint density at radius 3 is 2.55 bits per heavy atom. The molecule has 2 N–H and O–H groups in total. The van der Waals surface area contributed by atoms with Crippen LogP contribution in [0, 0.1) is 5.92 Å². The van der Waals surface area contributed by atoms with E-state index in [9.17, 15) is 19.5 Å². The summed E-state index contributed by atoms with van der Waals surface area (Å²) >= 11 is 0. The van der Waals surface area contributed by atoms with Gasteiger partial charge in [-0.1, -0.05) is 30.2 Å². The first kappa shape index (κ1) is 28.5. The van der Waals surface area contributed by atoms with Crippen molar-refractivity contribution in [2.24, 2.45) is 5.92 Å². The van der Waals surface area contributed by atoms with E-state index in [2.05, 4.69) is 32.9 Å². The largest absolute Gasteiger partial charge is 0.447 e. The van der Waals surface area contributed by atoms with Gasteiger partial charge in [-0.2, -0.15) is 0 Å². The second kappa shape index (κ2) is 11.0. The third-order valence-corrected chi connectivity index (χ3v) is 10.7. The SMILES string of the molecule is CC(C)=CCC/C(C)=C/CN1C(=O)[C@@]2(O[C@@H](CCO)[C@H]([Si](C)(C)O)[C@H]2C)c2cc(N3CCOC3=O)ccc21. The normalized spacial score (nSPS) is 27.4. The number of carbonyl (C=O) groups excluding carboxylic acids is 2. The summed E-state index contributed by atoms with van der Waals surface area (Å²) in [5.41, 5.74) is 3.08. The molecule has 0 radical (unpaired) electrons. The number of fused-ring (bicyclic) bond motifs is 2. The van der Waals surface area contributed by atoms with E-state index in [1.165, 1.54) is 11.1 Å². The van der Waals surface area contributed by atoms with Crippen molar-refractivity contribution in [3.63, 3.8) is 0 Å². The molecule has 0 saturated carbocycles. The molecule has 3 aliphatic rings. The number of rotatable bonds is 9. The van der Waals surface area contributed by atoms with Crippen molar-refractivity contribution in [1.82, 2.24) is 0 Å². The second-order valence-corrected chi connectivity index (χ2v) is 15.6. The number of aliphatic hydroxyl groups excluding tert-OH is 1. The van der Waals surface area contributed by atoms with Gasteiger partial charge in [0.1, 0.15) is 6.61 Å². The van der Waals surface area contributed by atoms with E-state index >= 15 is 0 Å². The number of nitrogens with zero attached hydrogens (tertiary/aromatic N) is 2. The molecule has 0 aliphatic carbocycles. The fraction of sp³-hybridized carbons (Fsp3) is 0.586. The van der Waals surface area contributed by atoms with Gasteiger partial charge in [0, 0.05) is 35.9 Å². The molecule has 4 rings (SSSR count). The molecule has 8 nitrogen and oxygen atoms in total. The molecule has 0 aromatic heterocycles. The molecule has 38 heavy (non-hydrogen) atoms. The first-order chi connectivity index (χ1) is 17.9. The highest BCUT2D eigenvalue weighted by Crippen LogP contribution is 2.60. The van der Waals surface area contributed by atoms with E-state index in [0.29, 0.717) is 37.4 Å². The van der Waals surface area contributed by atoms with Crippen LogP contribution < -0.4 is 9.80 Å². The lowest BCUT2D eigenvalue weighted by Crippen LogP contribution is -2.46. The minimum Gasteiger partial charge on any atom is -0.447 e. The monoisotopic (exact) mass is 542 g/mol. The fourth-order valence-electron chi connectivity index (χ4n) is 6.38. The van der Waals surface area contributed by atoms with Crippen LogP contribution in [0.15, 0.2) is 41.5 Å². The number of ether oxygens (including phenoxy) is 2. The predicted octanol–water partition coefficient (Wildman–Crippen LogP) is 4.86. The quantitative estimate of drug-likeness (QED) is 0.341. The minimum absolute atomic E-state index is 0.0908. The lowest BCUT2D eigenvalue weighted by molar-refractivity contribution is -0.146. The zero-order valence-electron chi connectivity index (χ0n) is 23.5. The van der Waals surface area contributed by atoms with Crippen molar-refractivity contribution in [3.8, 4) is 0 Å². The zero-order chi connectivity index (χ0) is 27.8. The van der Waals surface area contributed by atoms with E-state index < -0.39 is 26.1 Å². The average Bonchev–Trinajstić information content (AvgIpc) is 3.46. The number of anilines is 2. The Balaban J connectivity index is 1.76. The molecule has 3 aliphatic heterocycles. The third kappa shape index (κ3) is 5.09. The summed E-state index contributed by atoms with van der Waals surface area (Å²) in [4.78, 5) is 41.3. The van der Waals surface area contributed by atoms with E-state index in [4.69, 9.17) is 9.47 Å². The molecular formula is C29H42N2O6Si. The van der Waals surface area contributed by atoms with Crippen LogP contribution in [0.5, 0.6) is 0 Å². The van der Waals surface area contributed by atoms with E-state index in [1.54, 1.807) is 9.80 Å². The van der Waals surface area contributed by atoms with Gasteiger partial charge in [0.05, 0.1) is 18.3 Å². The Morgan fingerprint density at radius 2 is 1.95 bits per heavy atom. The molecule has 1 aromatic carbocycles. The number of benzene rings is 1. The molecule has 0 unspecified atom stereocenters. The van der Waals surface area contributed by atoms with E-state index in [0.717, 1.165) is 18.5 Å². The molecule has 9 heteroatoms. The van der Waals surface area contributed by atoms with Gasteiger partial charge in [0.2, 0.25) is 0 Å². The Morgan fingerprint density at radius 1 is 1.21 bits per heavy atom. The van der Waals surface area contributed by atoms with Crippen molar-refractivity contribution < 1.29 is 29.0 Å². The van der Waals surface area contributed by atoms with Crippen LogP contribution in [0.25, 0.3) is 0 Å². The van der Waals surface area contributed by atoms with Gasteiger partial charge >= 0.3 is 6.09 Å². The number of allylic oxidation sites excluding steroid dienone is 3. The van der Waals surface area contributed by atoms with Crippen molar-refractivity contribution in [1.29, 1.82) is 0 Å². The Hall–Kier alpha value is -2.46. The number of hydrogen-bond acceptors (Lipinski definition) is 6. The Kier molecular flexibility index (Phi) is 8.23. The van der Waals surface area contributed by atoms with Gasteiger partial charge in [-0.05, 0) is 71.3 Å². The highest BCUT2D eigenvalue weighted by atomic mass is 28.4. The molecule has 2 amide bonds. The fourth-order valence-corrected chi connectivity index (χ4v) is 8.98. The molecular weight excluding hydrogens is 500 g/mol. The maximum Gasteiger partial charge on any atom is 0.414 e. The summed E-state index contributed by atoms with van der Waals surface area (Å²) in [6.07, 6.45) is 5.67. The third-order valence-electron chi connectivity index (χ3n) is 8.17. The van der Waals surface area contributed by atoms with Crippen LogP contribution in [0.3, 0.4) is 0 Å². The molecule has 1 aromatic rings. The molecule has 1 spiro atoms. The highest BCUT2D eigenvalue weighted by Gasteiger charge is 2.66. The minimum atomic E-state index is -2.77. The second-order valence-electron chi connectivity index (χ2n) is 11.6. The van der Waals surface area contributed by atoms with Gasteiger partial charge in [0.15, 0.2) is 13.9 Å². The van der Waals surface area contributed by atoms with Crippen LogP contribution in [0.2, 0.25) is 18.6 Å². The summed E-state index contributed by atoms with van der Waals surface area (Å²) in [5.74, 6) is -0.469. The van der Waals surface area contributed by atoms with Gasteiger partial charge in [-0.15, -0.1) is 0 Å². The summed E-state index contributed by atoms with van der Waals surface area (Å²) in [6, 6.07) is 5.62. The summed E-state index contributed by atoms with van der Waals surface area (Å²) in [5, 5.41) is 9.80. The molecule has 2 saturated heterocycles. The topological polar surface area (TPSA) is 99.5 Å². The maximum atomic E-state index is 14.4. The van der Waals surface area contributed by atoms with Gasteiger partial charge in [-0.25, -0.2) is 4.79 Å². The highest BCUT2D eigenvalue weighted by molar-refractivity contribution is 6.71.